The Morgan fingerprint density at radius 2 is 2.09 bits per heavy atom. The minimum atomic E-state index is 0. The quantitative estimate of drug-likeness (QED) is 0.277. The summed E-state index contributed by atoms with van der Waals surface area (Å²) < 4.78 is 5.02. The van der Waals surface area contributed by atoms with Crippen LogP contribution in [0.2, 0.25) is 10.0 Å². The average Bonchev–Trinajstić information content (AvgIpc) is 2.43. The van der Waals surface area contributed by atoms with Crippen molar-refractivity contribution in [3.63, 3.8) is 0 Å². The molecule has 1 aromatic carbocycles. The predicted octanol–water partition coefficient (Wildman–Crippen LogP) is 4.26. The Hall–Kier alpha value is -0.240. The van der Waals surface area contributed by atoms with E-state index in [0.29, 0.717) is 23.2 Å². The summed E-state index contributed by atoms with van der Waals surface area (Å²) in [6.45, 7) is 6.30. The molecule has 0 amide bonds. The standard InChI is InChI=1S/C15H23Cl2N3O.HI/c1-4-18-15(19-8-5-9-21-3)20-11(2)13-7-6-12(16)10-14(13)17;/h6-7,10-11H,4-5,8-9H2,1-3H3,(H2,18,19,20);1H. The summed E-state index contributed by atoms with van der Waals surface area (Å²) in [5, 5.41) is 7.85. The van der Waals surface area contributed by atoms with Gasteiger partial charge in [-0.2, -0.15) is 0 Å². The number of guanidine groups is 1. The first kappa shape index (κ1) is 21.8. The molecule has 0 spiro atoms. The molecule has 0 aliphatic heterocycles. The summed E-state index contributed by atoms with van der Waals surface area (Å²) in [4.78, 5) is 4.51. The number of rotatable bonds is 7. The zero-order valence-electron chi connectivity index (χ0n) is 13.2. The second-order valence-corrected chi connectivity index (χ2v) is 5.48. The molecule has 1 aromatic rings. The molecule has 1 unspecified atom stereocenters. The van der Waals surface area contributed by atoms with E-state index < -0.39 is 0 Å². The summed E-state index contributed by atoms with van der Waals surface area (Å²) in [6, 6.07) is 5.55. The van der Waals surface area contributed by atoms with E-state index in [4.69, 9.17) is 27.9 Å². The van der Waals surface area contributed by atoms with Crippen LogP contribution in [0.5, 0.6) is 0 Å². The van der Waals surface area contributed by atoms with Crippen LogP contribution in [0.1, 0.15) is 31.9 Å². The Kier molecular flexibility index (Phi) is 12.1. The Balaban J connectivity index is 0.00000441. The fourth-order valence-electron chi connectivity index (χ4n) is 1.86. The Morgan fingerprint density at radius 1 is 1.36 bits per heavy atom. The molecule has 1 rings (SSSR count). The van der Waals surface area contributed by atoms with Crippen LogP contribution in [0.3, 0.4) is 0 Å². The van der Waals surface area contributed by atoms with E-state index in [1.165, 1.54) is 0 Å². The first-order valence-electron chi connectivity index (χ1n) is 7.07. The van der Waals surface area contributed by atoms with Crippen molar-refractivity contribution in [1.29, 1.82) is 0 Å². The van der Waals surface area contributed by atoms with Gasteiger partial charge in [-0.15, -0.1) is 24.0 Å². The van der Waals surface area contributed by atoms with Crippen molar-refractivity contribution in [3.05, 3.63) is 33.8 Å². The maximum absolute atomic E-state index is 6.23. The lowest BCUT2D eigenvalue weighted by molar-refractivity contribution is 0.197. The molecule has 126 valence electrons. The van der Waals surface area contributed by atoms with Gasteiger partial charge in [-0.3, -0.25) is 4.99 Å². The third kappa shape index (κ3) is 7.85. The number of hydrogen-bond donors (Lipinski definition) is 2. The van der Waals surface area contributed by atoms with E-state index >= 15 is 0 Å². The van der Waals surface area contributed by atoms with Crippen LogP contribution in [0.15, 0.2) is 23.2 Å². The van der Waals surface area contributed by atoms with Crippen molar-refractivity contribution in [2.24, 2.45) is 4.99 Å². The minimum absolute atomic E-state index is 0. The first-order valence-corrected chi connectivity index (χ1v) is 7.82. The van der Waals surface area contributed by atoms with Crippen molar-refractivity contribution >= 4 is 53.1 Å². The molecule has 7 heteroatoms. The molecule has 0 heterocycles. The van der Waals surface area contributed by atoms with Gasteiger partial charge in [0.15, 0.2) is 5.96 Å². The lowest BCUT2D eigenvalue weighted by Gasteiger charge is -2.19. The van der Waals surface area contributed by atoms with E-state index in [9.17, 15) is 0 Å². The smallest absolute Gasteiger partial charge is 0.191 e. The highest BCUT2D eigenvalue weighted by atomic mass is 127. The second-order valence-electron chi connectivity index (χ2n) is 4.64. The van der Waals surface area contributed by atoms with Crippen molar-refractivity contribution in [2.45, 2.75) is 26.3 Å². The molecule has 2 N–H and O–H groups in total. The molecular formula is C15H24Cl2IN3O. The Bertz CT molecular complexity index is 472. The van der Waals surface area contributed by atoms with E-state index in [-0.39, 0.29) is 30.0 Å². The first-order chi connectivity index (χ1) is 10.1. The highest BCUT2D eigenvalue weighted by Gasteiger charge is 2.11. The number of halogens is 3. The maximum atomic E-state index is 6.23. The van der Waals surface area contributed by atoms with Gasteiger partial charge in [-0.1, -0.05) is 29.3 Å². The number of nitrogens with one attached hydrogen (secondary N) is 2. The fraction of sp³-hybridized carbons (Fsp3) is 0.533. The number of nitrogens with zero attached hydrogens (tertiary/aromatic N) is 1. The number of aliphatic imine (C=N–C) groups is 1. The minimum Gasteiger partial charge on any atom is -0.385 e. The molecule has 1 atom stereocenters. The molecular weight excluding hydrogens is 436 g/mol. The van der Waals surface area contributed by atoms with Crippen LogP contribution in [0.4, 0.5) is 0 Å². The number of hydrogen-bond acceptors (Lipinski definition) is 2. The molecule has 0 aliphatic rings. The molecule has 4 nitrogen and oxygen atoms in total. The Morgan fingerprint density at radius 3 is 2.68 bits per heavy atom. The highest BCUT2D eigenvalue weighted by Crippen LogP contribution is 2.25. The van der Waals surface area contributed by atoms with E-state index in [0.717, 1.165) is 24.5 Å². The van der Waals surface area contributed by atoms with Crippen molar-refractivity contribution in [1.82, 2.24) is 10.6 Å². The van der Waals surface area contributed by atoms with Crippen LogP contribution in [0, 0.1) is 0 Å². The van der Waals surface area contributed by atoms with E-state index in [1.54, 1.807) is 13.2 Å². The third-order valence-corrected chi connectivity index (χ3v) is 3.47. The van der Waals surface area contributed by atoms with Gasteiger partial charge in [0.25, 0.3) is 0 Å². The summed E-state index contributed by atoms with van der Waals surface area (Å²) >= 11 is 12.2. The van der Waals surface area contributed by atoms with Gasteiger partial charge in [0.2, 0.25) is 0 Å². The molecule has 0 saturated carbocycles. The zero-order valence-corrected chi connectivity index (χ0v) is 17.0. The maximum Gasteiger partial charge on any atom is 0.191 e. The van der Waals surface area contributed by atoms with Gasteiger partial charge in [0.05, 0.1) is 6.04 Å². The van der Waals surface area contributed by atoms with Gasteiger partial charge in [-0.25, -0.2) is 0 Å². The van der Waals surface area contributed by atoms with Crippen LogP contribution in [-0.4, -0.2) is 32.8 Å². The average molecular weight is 460 g/mol. The summed E-state index contributed by atoms with van der Waals surface area (Å²) in [6.07, 6.45) is 0.892. The van der Waals surface area contributed by atoms with Crippen molar-refractivity contribution in [3.8, 4) is 0 Å². The molecule has 0 bridgehead atoms. The van der Waals surface area contributed by atoms with E-state index in [1.807, 2.05) is 26.0 Å². The Labute approximate surface area is 160 Å². The van der Waals surface area contributed by atoms with Gasteiger partial charge in [-0.05, 0) is 38.0 Å². The van der Waals surface area contributed by atoms with Gasteiger partial charge >= 0.3 is 0 Å². The SMILES string of the molecule is CCNC(=NCCCOC)NC(C)c1ccc(Cl)cc1Cl.I. The lowest BCUT2D eigenvalue weighted by atomic mass is 10.1. The monoisotopic (exact) mass is 459 g/mol. The second kappa shape index (κ2) is 12.2. The summed E-state index contributed by atoms with van der Waals surface area (Å²) in [5.74, 6) is 0.770. The molecule has 22 heavy (non-hydrogen) atoms. The fourth-order valence-corrected chi connectivity index (χ4v) is 2.43. The topological polar surface area (TPSA) is 45.7 Å². The van der Waals surface area contributed by atoms with Crippen LogP contribution >= 0.6 is 47.2 Å². The largest absolute Gasteiger partial charge is 0.385 e. The molecule has 0 saturated heterocycles. The van der Waals surface area contributed by atoms with Crippen LogP contribution in [0.25, 0.3) is 0 Å². The predicted molar refractivity (Wildman–Crippen MR) is 106 cm³/mol. The van der Waals surface area contributed by atoms with Gasteiger partial charge < -0.3 is 15.4 Å². The molecule has 0 aliphatic carbocycles. The molecule has 0 aromatic heterocycles. The molecule has 0 radical (unpaired) electrons. The number of ether oxygens (including phenoxy) is 1. The highest BCUT2D eigenvalue weighted by molar-refractivity contribution is 14.0. The number of methoxy groups -OCH3 is 1. The third-order valence-electron chi connectivity index (χ3n) is 2.90. The normalized spacial score (nSPS) is 12.5. The van der Waals surface area contributed by atoms with Crippen LogP contribution in [-0.2, 0) is 4.74 Å². The van der Waals surface area contributed by atoms with Gasteiger partial charge in [0, 0.05) is 36.9 Å². The van der Waals surface area contributed by atoms with E-state index in [2.05, 4.69) is 15.6 Å². The number of benzene rings is 1. The summed E-state index contributed by atoms with van der Waals surface area (Å²) in [5.41, 5.74) is 0.989. The van der Waals surface area contributed by atoms with Crippen molar-refractivity contribution in [2.75, 3.05) is 26.8 Å². The van der Waals surface area contributed by atoms with Crippen molar-refractivity contribution < 1.29 is 4.74 Å². The zero-order chi connectivity index (χ0) is 15.7. The lowest BCUT2D eigenvalue weighted by Crippen LogP contribution is -2.39. The molecule has 0 fully saturated rings. The van der Waals surface area contributed by atoms with Crippen LogP contribution < -0.4 is 10.6 Å². The summed E-state index contributed by atoms with van der Waals surface area (Å²) in [7, 11) is 1.69. The van der Waals surface area contributed by atoms with Gasteiger partial charge in [0.1, 0.15) is 0 Å².